The van der Waals surface area contributed by atoms with Crippen molar-refractivity contribution in [3.63, 3.8) is 0 Å². The molecule has 2 N–H and O–H groups in total. The first-order chi connectivity index (χ1) is 11.4. The van der Waals surface area contributed by atoms with E-state index in [1.165, 1.54) is 0 Å². The Morgan fingerprint density at radius 2 is 1.79 bits per heavy atom. The molecule has 0 bridgehead atoms. The van der Waals surface area contributed by atoms with E-state index >= 15 is 0 Å². The molecule has 24 heavy (non-hydrogen) atoms. The Morgan fingerprint density at radius 3 is 2.42 bits per heavy atom. The molecule has 1 aliphatic rings. The number of rotatable bonds is 4. The summed E-state index contributed by atoms with van der Waals surface area (Å²) < 4.78 is 27.9. The van der Waals surface area contributed by atoms with Crippen molar-refractivity contribution in [2.24, 2.45) is 5.92 Å². The molecule has 1 aromatic heterocycles. The third-order valence-corrected chi connectivity index (χ3v) is 4.18. The second kappa shape index (κ2) is 6.19. The summed E-state index contributed by atoms with van der Waals surface area (Å²) in [6, 6.07) is 11.6. The number of aryl methyl sites for hydroxylation is 2. The Hall–Kier alpha value is -2.50. The van der Waals surface area contributed by atoms with E-state index in [1.54, 1.807) is 42.5 Å². The fourth-order valence-corrected chi connectivity index (χ4v) is 3.04. The van der Waals surface area contributed by atoms with Gasteiger partial charge in [-0.2, -0.15) is 0 Å². The fraction of sp³-hybridized carbons (Fsp3) is 0.333. The van der Waals surface area contributed by atoms with Crippen molar-refractivity contribution in [2.75, 3.05) is 11.9 Å². The van der Waals surface area contributed by atoms with E-state index < -0.39 is 23.8 Å². The van der Waals surface area contributed by atoms with Crippen LogP contribution >= 0.6 is 0 Å². The number of carbonyl (C=O) groups is 1. The maximum Gasteiger partial charge on any atom is 0.319 e. The highest BCUT2D eigenvalue weighted by Gasteiger charge is 2.68. The summed E-state index contributed by atoms with van der Waals surface area (Å²) in [4.78, 5) is 16.2. The van der Waals surface area contributed by atoms with E-state index in [-0.39, 0.29) is 6.54 Å². The molecule has 2 amide bonds. The average Bonchev–Trinajstić information content (AvgIpc) is 3.06. The lowest BCUT2D eigenvalue weighted by atomic mass is 10.1. The molecule has 0 saturated heterocycles. The van der Waals surface area contributed by atoms with Gasteiger partial charge in [0.15, 0.2) is 0 Å². The molecule has 4 nitrogen and oxygen atoms in total. The Morgan fingerprint density at radius 1 is 1.17 bits per heavy atom. The molecule has 0 radical (unpaired) electrons. The van der Waals surface area contributed by atoms with Crippen molar-refractivity contribution in [2.45, 2.75) is 25.7 Å². The van der Waals surface area contributed by atoms with Crippen molar-refractivity contribution in [3.05, 3.63) is 59.4 Å². The van der Waals surface area contributed by atoms with Gasteiger partial charge in [-0.15, -0.1) is 0 Å². The summed E-state index contributed by atoms with van der Waals surface area (Å²) in [7, 11) is 0. The van der Waals surface area contributed by atoms with Crippen LogP contribution in [0.4, 0.5) is 19.3 Å². The van der Waals surface area contributed by atoms with Crippen molar-refractivity contribution in [1.82, 2.24) is 10.3 Å². The molecule has 2 atom stereocenters. The first-order valence-electron chi connectivity index (χ1n) is 7.81. The maximum atomic E-state index is 13.9. The van der Waals surface area contributed by atoms with E-state index in [9.17, 15) is 13.6 Å². The Kier molecular flexibility index (Phi) is 4.22. The van der Waals surface area contributed by atoms with E-state index in [4.69, 9.17) is 0 Å². The van der Waals surface area contributed by atoms with Crippen molar-refractivity contribution in [1.29, 1.82) is 0 Å². The second-order valence-corrected chi connectivity index (χ2v) is 6.14. The molecule has 2 aromatic rings. The van der Waals surface area contributed by atoms with Gasteiger partial charge in [0, 0.05) is 23.6 Å². The highest BCUT2D eigenvalue weighted by atomic mass is 19.3. The number of aromatic nitrogens is 1. The number of nitrogens with one attached hydrogen (secondary N) is 2. The maximum absolute atomic E-state index is 13.9. The zero-order chi connectivity index (χ0) is 17.3. The van der Waals surface area contributed by atoms with Crippen molar-refractivity contribution >= 4 is 11.7 Å². The Balaban J connectivity index is 1.57. The average molecular weight is 331 g/mol. The third kappa shape index (κ3) is 3.37. The molecular formula is C18H19F2N3O. The molecule has 0 spiro atoms. The Labute approximate surface area is 139 Å². The van der Waals surface area contributed by atoms with Gasteiger partial charge in [0.25, 0.3) is 5.92 Å². The van der Waals surface area contributed by atoms with Crippen LogP contribution in [-0.2, 0) is 0 Å². The van der Waals surface area contributed by atoms with Crippen LogP contribution in [0.2, 0.25) is 0 Å². The van der Waals surface area contributed by atoms with E-state index in [0.29, 0.717) is 11.3 Å². The largest absolute Gasteiger partial charge is 0.337 e. The predicted molar refractivity (Wildman–Crippen MR) is 88.4 cm³/mol. The number of halogens is 2. The molecule has 6 heteroatoms. The molecule has 1 heterocycles. The third-order valence-electron chi connectivity index (χ3n) is 4.18. The first kappa shape index (κ1) is 16.4. The number of nitrogens with zero attached hydrogens (tertiary/aromatic N) is 1. The fourth-order valence-electron chi connectivity index (χ4n) is 3.04. The van der Waals surface area contributed by atoms with E-state index in [2.05, 4.69) is 15.6 Å². The molecular weight excluding hydrogens is 312 g/mol. The summed E-state index contributed by atoms with van der Waals surface area (Å²) in [5.41, 5.74) is 2.76. The number of hydrogen-bond acceptors (Lipinski definition) is 2. The molecule has 126 valence electrons. The number of anilines is 1. The minimum Gasteiger partial charge on any atom is -0.337 e. The van der Waals surface area contributed by atoms with Crippen LogP contribution in [0.15, 0.2) is 42.5 Å². The number of pyridine rings is 1. The molecule has 1 aliphatic carbocycles. The topological polar surface area (TPSA) is 54.0 Å². The monoisotopic (exact) mass is 331 g/mol. The van der Waals surface area contributed by atoms with Gasteiger partial charge in [-0.1, -0.05) is 30.3 Å². The molecule has 3 rings (SSSR count). The minimum absolute atomic E-state index is 0.0680. The molecule has 0 aliphatic heterocycles. The number of carbonyl (C=O) groups excluding carboxylic acids is 1. The van der Waals surface area contributed by atoms with Gasteiger partial charge in [0.05, 0.1) is 11.8 Å². The molecule has 1 aromatic carbocycles. The SMILES string of the molecule is Cc1cc(NC(=O)NC[C@@H]2[C@@H](c3ccccc3)C2(F)F)cc(C)n1. The highest BCUT2D eigenvalue weighted by molar-refractivity contribution is 5.89. The van der Waals surface area contributed by atoms with Crippen LogP contribution in [0, 0.1) is 19.8 Å². The van der Waals surface area contributed by atoms with Crippen LogP contribution in [0.25, 0.3) is 0 Å². The highest BCUT2D eigenvalue weighted by Crippen LogP contribution is 2.61. The van der Waals surface area contributed by atoms with Crippen LogP contribution in [0.1, 0.15) is 22.9 Å². The van der Waals surface area contributed by atoms with Crippen LogP contribution in [-0.4, -0.2) is 23.5 Å². The summed E-state index contributed by atoms with van der Waals surface area (Å²) in [5.74, 6) is -4.48. The lowest BCUT2D eigenvalue weighted by Gasteiger charge is -2.08. The van der Waals surface area contributed by atoms with Gasteiger partial charge in [0.2, 0.25) is 0 Å². The van der Waals surface area contributed by atoms with Crippen molar-refractivity contribution in [3.8, 4) is 0 Å². The molecule has 0 unspecified atom stereocenters. The lowest BCUT2D eigenvalue weighted by molar-refractivity contribution is 0.0936. The van der Waals surface area contributed by atoms with Gasteiger partial charge < -0.3 is 10.6 Å². The van der Waals surface area contributed by atoms with E-state index in [1.807, 2.05) is 13.8 Å². The quantitative estimate of drug-likeness (QED) is 0.893. The van der Waals surface area contributed by atoms with Gasteiger partial charge in [-0.3, -0.25) is 4.98 Å². The van der Waals surface area contributed by atoms with E-state index in [0.717, 1.165) is 11.4 Å². The first-order valence-corrected chi connectivity index (χ1v) is 7.81. The predicted octanol–water partition coefficient (Wildman–Crippen LogP) is 3.87. The number of benzene rings is 1. The van der Waals surface area contributed by atoms with Crippen LogP contribution < -0.4 is 10.6 Å². The second-order valence-electron chi connectivity index (χ2n) is 6.14. The van der Waals surface area contributed by atoms with Crippen LogP contribution in [0.3, 0.4) is 0 Å². The summed E-state index contributed by atoms with van der Waals surface area (Å²) in [6.45, 7) is 3.58. The summed E-state index contributed by atoms with van der Waals surface area (Å²) >= 11 is 0. The van der Waals surface area contributed by atoms with Gasteiger partial charge >= 0.3 is 6.03 Å². The minimum atomic E-state index is -2.78. The summed E-state index contributed by atoms with van der Waals surface area (Å²) in [6.07, 6.45) is 0. The lowest BCUT2D eigenvalue weighted by Crippen LogP contribution is -2.31. The van der Waals surface area contributed by atoms with Gasteiger partial charge in [-0.05, 0) is 31.5 Å². The number of alkyl halides is 2. The normalized spacial score (nSPS) is 21.2. The number of amides is 2. The number of hydrogen-bond donors (Lipinski definition) is 2. The van der Waals surface area contributed by atoms with Crippen molar-refractivity contribution < 1.29 is 13.6 Å². The van der Waals surface area contributed by atoms with Crippen LogP contribution in [0.5, 0.6) is 0 Å². The molecule has 1 saturated carbocycles. The standard InChI is InChI=1S/C18H19F2N3O/c1-11-8-14(9-12(2)22-11)23-17(24)21-10-15-16(18(15,19)20)13-6-4-3-5-7-13/h3-9,15-16H,10H2,1-2H3,(H2,21,22,23,24)/t15-,16-/m1/s1. The zero-order valence-electron chi connectivity index (χ0n) is 13.5. The zero-order valence-corrected chi connectivity index (χ0v) is 13.5. The Bertz CT molecular complexity index is 729. The summed E-state index contributed by atoms with van der Waals surface area (Å²) in [5, 5.41) is 5.19. The van der Waals surface area contributed by atoms with Gasteiger partial charge in [0.1, 0.15) is 0 Å². The van der Waals surface area contributed by atoms with Gasteiger partial charge in [-0.25, -0.2) is 13.6 Å². The number of urea groups is 1. The smallest absolute Gasteiger partial charge is 0.319 e. The molecule has 1 fully saturated rings.